The van der Waals surface area contributed by atoms with Gasteiger partial charge in [0.25, 0.3) is 0 Å². The summed E-state index contributed by atoms with van der Waals surface area (Å²) in [5, 5.41) is 0. The van der Waals surface area contributed by atoms with E-state index in [1.54, 1.807) is 28.5 Å². The fourth-order valence-corrected chi connectivity index (χ4v) is 1.59. The van der Waals surface area contributed by atoms with Crippen LogP contribution in [0.25, 0.3) is 0 Å². The van der Waals surface area contributed by atoms with Crippen molar-refractivity contribution in [2.75, 3.05) is 0 Å². The van der Waals surface area contributed by atoms with E-state index in [0.717, 1.165) is 4.88 Å². The van der Waals surface area contributed by atoms with E-state index in [0.29, 0.717) is 6.54 Å². The van der Waals surface area contributed by atoms with Gasteiger partial charge >= 0.3 is 5.69 Å². The Morgan fingerprint density at radius 2 is 2.46 bits per heavy atom. The number of rotatable bonds is 2. The molecular weight excluding hydrogens is 186 g/mol. The number of nitrogens with zero attached hydrogens (tertiary/aromatic N) is 3. The van der Waals surface area contributed by atoms with Gasteiger partial charge in [0, 0.05) is 23.5 Å². The summed E-state index contributed by atoms with van der Waals surface area (Å²) < 4.78 is 1.55. The Balaban J connectivity index is 2.29. The van der Waals surface area contributed by atoms with Gasteiger partial charge in [0.05, 0.1) is 12.1 Å². The summed E-state index contributed by atoms with van der Waals surface area (Å²) in [6, 6.07) is 1.74. The molecular formula is C8H7N3OS. The number of aromatic nitrogens is 3. The molecule has 4 nitrogen and oxygen atoms in total. The van der Waals surface area contributed by atoms with Crippen LogP contribution in [0.4, 0.5) is 0 Å². The molecule has 2 heterocycles. The molecule has 0 N–H and O–H groups in total. The summed E-state index contributed by atoms with van der Waals surface area (Å²) in [5.74, 6) is 0. The summed E-state index contributed by atoms with van der Waals surface area (Å²) in [4.78, 5) is 19.8. The molecule has 0 aliphatic heterocycles. The van der Waals surface area contributed by atoms with Crippen LogP contribution in [0, 0.1) is 0 Å². The molecule has 0 fully saturated rings. The molecule has 2 aromatic rings. The van der Waals surface area contributed by atoms with Crippen molar-refractivity contribution in [2.24, 2.45) is 0 Å². The molecule has 0 aromatic carbocycles. The smallest absolute Gasteiger partial charge is 0.294 e. The topological polar surface area (TPSA) is 47.8 Å². The van der Waals surface area contributed by atoms with Crippen LogP contribution in [-0.4, -0.2) is 14.5 Å². The fourth-order valence-electron chi connectivity index (χ4n) is 0.996. The van der Waals surface area contributed by atoms with E-state index in [9.17, 15) is 4.79 Å². The first-order chi connectivity index (χ1) is 6.36. The first kappa shape index (κ1) is 8.12. The monoisotopic (exact) mass is 193 g/mol. The van der Waals surface area contributed by atoms with Gasteiger partial charge in [-0.25, -0.2) is 9.78 Å². The van der Waals surface area contributed by atoms with Crippen molar-refractivity contribution in [1.82, 2.24) is 14.5 Å². The van der Waals surface area contributed by atoms with E-state index < -0.39 is 0 Å². The maximum absolute atomic E-state index is 11.2. The lowest BCUT2D eigenvalue weighted by Crippen LogP contribution is -2.21. The van der Waals surface area contributed by atoms with Crippen LogP contribution in [0.3, 0.4) is 0 Å². The molecule has 0 bridgehead atoms. The summed E-state index contributed by atoms with van der Waals surface area (Å²) in [5.41, 5.74) is 1.52. The molecule has 0 aliphatic carbocycles. The van der Waals surface area contributed by atoms with Crippen LogP contribution in [0.2, 0.25) is 0 Å². The van der Waals surface area contributed by atoms with Crippen molar-refractivity contribution in [3.05, 3.63) is 45.5 Å². The highest BCUT2D eigenvalue weighted by Gasteiger charge is 1.97. The van der Waals surface area contributed by atoms with Crippen LogP contribution in [0.1, 0.15) is 4.88 Å². The van der Waals surface area contributed by atoms with E-state index >= 15 is 0 Å². The molecule has 5 heteroatoms. The average molecular weight is 193 g/mol. The van der Waals surface area contributed by atoms with E-state index in [4.69, 9.17) is 0 Å². The van der Waals surface area contributed by atoms with E-state index in [1.807, 2.05) is 0 Å². The van der Waals surface area contributed by atoms with Gasteiger partial charge in [-0.3, -0.25) is 9.55 Å². The van der Waals surface area contributed by atoms with E-state index in [1.165, 1.54) is 17.5 Å². The quantitative estimate of drug-likeness (QED) is 0.707. The maximum Gasteiger partial charge on any atom is 0.347 e. The van der Waals surface area contributed by atoms with Crippen molar-refractivity contribution in [2.45, 2.75) is 6.54 Å². The SMILES string of the molecule is O=c1ncccn1Cc1cncs1. The minimum atomic E-state index is -0.226. The van der Waals surface area contributed by atoms with Crippen molar-refractivity contribution in [1.29, 1.82) is 0 Å². The molecule has 0 saturated heterocycles. The van der Waals surface area contributed by atoms with E-state index in [2.05, 4.69) is 9.97 Å². The molecule has 0 spiro atoms. The second-order valence-corrected chi connectivity index (χ2v) is 3.47. The standard InChI is InChI=1S/C8H7N3OS/c12-8-10-2-1-3-11(8)5-7-4-9-6-13-7/h1-4,6H,5H2. The predicted molar refractivity (Wildman–Crippen MR) is 49.7 cm³/mol. The lowest BCUT2D eigenvalue weighted by atomic mass is 10.5. The normalized spacial score (nSPS) is 10.2. The third-order valence-corrected chi connectivity index (χ3v) is 2.36. The van der Waals surface area contributed by atoms with Gasteiger partial charge in [0.1, 0.15) is 0 Å². The lowest BCUT2D eigenvalue weighted by Gasteiger charge is -1.99. The van der Waals surface area contributed by atoms with Crippen LogP contribution < -0.4 is 5.69 Å². The Bertz CT molecular complexity index is 435. The second kappa shape index (κ2) is 3.49. The predicted octanol–water partition coefficient (Wildman–Crippen LogP) is 0.748. The fraction of sp³-hybridized carbons (Fsp3) is 0.125. The Morgan fingerprint density at radius 3 is 3.15 bits per heavy atom. The maximum atomic E-state index is 11.2. The zero-order valence-corrected chi connectivity index (χ0v) is 7.57. The first-order valence-electron chi connectivity index (χ1n) is 3.75. The third kappa shape index (κ3) is 1.81. The van der Waals surface area contributed by atoms with Gasteiger partial charge in [-0.05, 0) is 6.07 Å². The zero-order valence-electron chi connectivity index (χ0n) is 6.75. The summed E-state index contributed by atoms with van der Waals surface area (Å²) in [6.45, 7) is 0.553. The Labute approximate surface area is 78.5 Å². The molecule has 13 heavy (non-hydrogen) atoms. The highest BCUT2D eigenvalue weighted by atomic mass is 32.1. The molecule has 0 saturated carbocycles. The molecule has 0 amide bonds. The van der Waals surface area contributed by atoms with Gasteiger partial charge in [-0.15, -0.1) is 11.3 Å². The van der Waals surface area contributed by atoms with Crippen molar-refractivity contribution in [3.8, 4) is 0 Å². The van der Waals surface area contributed by atoms with Gasteiger partial charge in [-0.1, -0.05) is 0 Å². The lowest BCUT2D eigenvalue weighted by molar-refractivity contribution is 0.734. The summed E-state index contributed by atoms with van der Waals surface area (Å²) in [7, 11) is 0. The minimum Gasteiger partial charge on any atom is -0.294 e. The van der Waals surface area contributed by atoms with Crippen molar-refractivity contribution >= 4 is 11.3 Å². The van der Waals surface area contributed by atoms with Gasteiger partial charge < -0.3 is 0 Å². The molecule has 0 unspecified atom stereocenters. The number of hydrogen-bond acceptors (Lipinski definition) is 4. The van der Waals surface area contributed by atoms with Crippen LogP contribution >= 0.6 is 11.3 Å². The van der Waals surface area contributed by atoms with Gasteiger partial charge in [0.2, 0.25) is 0 Å². The molecule has 0 radical (unpaired) electrons. The Morgan fingerprint density at radius 1 is 1.54 bits per heavy atom. The highest BCUT2D eigenvalue weighted by molar-refractivity contribution is 7.09. The minimum absolute atomic E-state index is 0.226. The third-order valence-electron chi connectivity index (χ3n) is 1.59. The largest absolute Gasteiger partial charge is 0.347 e. The molecule has 2 aromatic heterocycles. The zero-order chi connectivity index (χ0) is 9.10. The molecule has 0 atom stereocenters. The summed E-state index contributed by atoms with van der Waals surface area (Å²) in [6.07, 6.45) is 4.96. The summed E-state index contributed by atoms with van der Waals surface area (Å²) >= 11 is 1.53. The van der Waals surface area contributed by atoms with Crippen LogP contribution in [0.5, 0.6) is 0 Å². The average Bonchev–Trinajstić information content (AvgIpc) is 2.61. The van der Waals surface area contributed by atoms with Gasteiger partial charge in [-0.2, -0.15) is 0 Å². The molecule has 2 rings (SSSR count). The Hall–Kier alpha value is -1.49. The van der Waals surface area contributed by atoms with Crippen LogP contribution in [-0.2, 0) is 6.54 Å². The Kier molecular flexibility index (Phi) is 2.18. The number of hydrogen-bond donors (Lipinski definition) is 0. The van der Waals surface area contributed by atoms with Gasteiger partial charge in [0.15, 0.2) is 0 Å². The number of thiazole rings is 1. The van der Waals surface area contributed by atoms with Crippen molar-refractivity contribution < 1.29 is 0 Å². The second-order valence-electron chi connectivity index (χ2n) is 2.50. The first-order valence-corrected chi connectivity index (χ1v) is 4.63. The van der Waals surface area contributed by atoms with Crippen LogP contribution in [0.15, 0.2) is 35.0 Å². The molecule has 66 valence electrons. The molecule has 0 aliphatic rings. The van der Waals surface area contributed by atoms with Crippen molar-refractivity contribution in [3.63, 3.8) is 0 Å². The van der Waals surface area contributed by atoms with E-state index in [-0.39, 0.29) is 5.69 Å². The highest BCUT2D eigenvalue weighted by Crippen LogP contribution is 2.05.